The lowest BCUT2D eigenvalue weighted by molar-refractivity contribution is -0.113. The summed E-state index contributed by atoms with van der Waals surface area (Å²) in [5, 5.41) is 5.69. The third-order valence-corrected chi connectivity index (χ3v) is 4.52. The summed E-state index contributed by atoms with van der Waals surface area (Å²) in [6, 6.07) is 13.2. The van der Waals surface area contributed by atoms with E-state index in [9.17, 15) is 14.0 Å². The van der Waals surface area contributed by atoms with Gasteiger partial charge in [0.15, 0.2) is 0 Å². The van der Waals surface area contributed by atoms with E-state index in [1.165, 1.54) is 23.9 Å². The fourth-order valence-corrected chi connectivity index (χ4v) is 2.81. The van der Waals surface area contributed by atoms with Crippen molar-refractivity contribution in [3.63, 3.8) is 0 Å². The first-order valence-corrected chi connectivity index (χ1v) is 8.68. The maximum Gasteiger partial charge on any atom is 0.251 e. The van der Waals surface area contributed by atoms with Gasteiger partial charge in [0, 0.05) is 22.2 Å². The molecule has 0 radical (unpaired) electrons. The van der Waals surface area contributed by atoms with Gasteiger partial charge in [-0.05, 0) is 55.3 Å². The van der Waals surface area contributed by atoms with Crippen LogP contribution < -0.4 is 10.6 Å². The van der Waals surface area contributed by atoms with Crippen LogP contribution in [0.5, 0.6) is 0 Å². The molecule has 3 rings (SSSR count). The minimum absolute atomic E-state index is 0.116. The highest BCUT2D eigenvalue weighted by atomic mass is 32.2. The van der Waals surface area contributed by atoms with Crippen LogP contribution in [-0.2, 0) is 4.79 Å². The second kappa shape index (κ2) is 7.49. The van der Waals surface area contributed by atoms with Gasteiger partial charge < -0.3 is 10.6 Å². The van der Waals surface area contributed by atoms with E-state index in [1.54, 1.807) is 36.4 Å². The summed E-state index contributed by atoms with van der Waals surface area (Å²) < 4.78 is 12.8. The van der Waals surface area contributed by atoms with E-state index in [4.69, 9.17) is 0 Å². The Kier molecular flexibility index (Phi) is 5.15. The fourth-order valence-electron chi connectivity index (χ4n) is 2.11. The first kappa shape index (κ1) is 16.5. The summed E-state index contributed by atoms with van der Waals surface area (Å²) in [6.45, 7) is 0. The summed E-state index contributed by atoms with van der Waals surface area (Å²) in [6.07, 6.45) is 2.06. The number of amides is 2. The molecule has 0 saturated heterocycles. The van der Waals surface area contributed by atoms with Crippen LogP contribution in [-0.4, -0.2) is 23.6 Å². The number of hydrogen-bond donors (Lipinski definition) is 2. The van der Waals surface area contributed by atoms with Crippen LogP contribution in [0.25, 0.3) is 0 Å². The number of nitrogens with one attached hydrogen (secondary N) is 2. The highest BCUT2D eigenvalue weighted by molar-refractivity contribution is 8.00. The van der Waals surface area contributed by atoms with E-state index in [2.05, 4.69) is 10.6 Å². The van der Waals surface area contributed by atoms with Crippen LogP contribution in [0.15, 0.2) is 53.4 Å². The Morgan fingerprint density at radius 1 is 1.12 bits per heavy atom. The Balaban J connectivity index is 1.53. The number of benzene rings is 2. The summed E-state index contributed by atoms with van der Waals surface area (Å²) in [7, 11) is 0. The maximum absolute atomic E-state index is 12.8. The average molecular weight is 344 g/mol. The molecule has 2 amide bonds. The second-order valence-electron chi connectivity index (χ2n) is 5.62. The van der Waals surface area contributed by atoms with Crippen LogP contribution in [0.1, 0.15) is 23.2 Å². The first-order chi connectivity index (χ1) is 11.6. The number of rotatable bonds is 6. The molecule has 0 aliphatic heterocycles. The smallest absolute Gasteiger partial charge is 0.251 e. The Labute approximate surface area is 143 Å². The molecule has 0 unspecified atom stereocenters. The van der Waals surface area contributed by atoms with E-state index < -0.39 is 0 Å². The van der Waals surface area contributed by atoms with Crippen molar-refractivity contribution in [3.05, 3.63) is 59.9 Å². The standard InChI is InChI=1S/C18H17FN2O2S/c19-13-4-8-16(9-5-13)24-11-17(22)20-15-3-1-2-12(10-15)18(23)21-14-6-7-14/h1-5,8-10,14H,6-7,11H2,(H,20,22)(H,21,23). The third kappa shape index (κ3) is 4.83. The van der Waals surface area contributed by atoms with E-state index in [-0.39, 0.29) is 23.4 Å². The number of carbonyl (C=O) groups is 2. The van der Waals surface area contributed by atoms with Crippen molar-refractivity contribution < 1.29 is 14.0 Å². The second-order valence-corrected chi connectivity index (χ2v) is 6.67. The fraction of sp³-hybridized carbons (Fsp3) is 0.222. The van der Waals surface area contributed by atoms with Gasteiger partial charge in [-0.1, -0.05) is 6.07 Å². The number of hydrogen-bond acceptors (Lipinski definition) is 3. The lowest BCUT2D eigenvalue weighted by atomic mass is 10.2. The van der Waals surface area contributed by atoms with Crippen molar-refractivity contribution in [3.8, 4) is 0 Å². The molecule has 1 aliphatic rings. The Bertz CT molecular complexity index is 745. The van der Waals surface area contributed by atoms with Crippen LogP contribution >= 0.6 is 11.8 Å². The van der Waals surface area contributed by atoms with Crippen molar-refractivity contribution in [2.75, 3.05) is 11.1 Å². The quantitative estimate of drug-likeness (QED) is 0.789. The van der Waals surface area contributed by atoms with Gasteiger partial charge >= 0.3 is 0 Å². The van der Waals surface area contributed by atoms with Crippen molar-refractivity contribution >= 4 is 29.3 Å². The van der Waals surface area contributed by atoms with Crippen LogP contribution in [0.2, 0.25) is 0 Å². The predicted octanol–water partition coefficient (Wildman–Crippen LogP) is 3.45. The Hall–Kier alpha value is -2.34. The van der Waals surface area contributed by atoms with E-state index in [1.807, 2.05) is 0 Å². The van der Waals surface area contributed by atoms with Gasteiger partial charge in [-0.15, -0.1) is 11.8 Å². The van der Waals surface area contributed by atoms with Gasteiger partial charge in [0.25, 0.3) is 5.91 Å². The molecule has 2 N–H and O–H groups in total. The first-order valence-electron chi connectivity index (χ1n) is 7.69. The number of halogens is 1. The Morgan fingerprint density at radius 3 is 2.58 bits per heavy atom. The van der Waals surface area contributed by atoms with Gasteiger partial charge in [-0.25, -0.2) is 4.39 Å². The minimum Gasteiger partial charge on any atom is -0.349 e. The Morgan fingerprint density at radius 2 is 1.88 bits per heavy atom. The van der Waals surface area contributed by atoms with Crippen LogP contribution in [0.4, 0.5) is 10.1 Å². The normalized spacial score (nSPS) is 13.4. The number of carbonyl (C=O) groups excluding carboxylic acids is 2. The predicted molar refractivity (Wildman–Crippen MR) is 92.7 cm³/mol. The zero-order chi connectivity index (χ0) is 16.9. The molecule has 0 spiro atoms. The molecule has 0 aromatic heterocycles. The summed E-state index contributed by atoms with van der Waals surface area (Å²) in [5.74, 6) is -0.382. The lowest BCUT2D eigenvalue weighted by Crippen LogP contribution is -2.25. The molecule has 24 heavy (non-hydrogen) atoms. The van der Waals surface area contributed by atoms with Gasteiger partial charge in [-0.3, -0.25) is 9.59 Å². The largest absolute Gasteiger partial charge is 0.349 e. The van der Waals surface area contributed by atoms with Crippen LogP contribution in [0, 0.1) is 5.82 Å². The van der Waals surface area contributed by atoms with Gasteiger partial charge in [0.2, 0.25) is 5.91 Å². The highest BCUT2D eigenvalue weighted by Gasteiger charge is 2.23. The van der Waals surface area contributed by atoms with Gasteiger partial charge in [0.1, 0.15) is 5.82 Å². The zero-order valence-corrected chi connectivity index (χ0v) is 13.7. The molecule has 4 nitrogen and oxygen atoms in total. The molecular weight excluding hydrogens is 327 g/mol. The molecule has 1 fully saturated rings. The third-order valence-electron chi connectivity index (χ3n) is 3.50. The van der Waals surface area contributed by atoms with Crippen molar-refractivity contribution in [2.24, 2.45) is 0 Å². The lowest BCUT2D eigenvalue weighted by Gasteiger charge is -2.08. The van der Waals surface area contributed by atoms with Crippen molar-refractivity contribution in [2.45, 2.75) is 23.8 Å². The molecular formula is C18H17FN2O2S. The minimum atomic E-state index is -0.301. The monoisotopic (exact) mass is 344 g/mol. The highest BCUT2D eigenvalue weighted by Crippen LogP contribution is 2.21. The van der Waals surface area contributed by atoms with Crippen molar-refractivity contribution in [1.29, 1.82) is 0 Å². The zero-order valence-electron chi connectivity index (χ0n) is 12.9. The number of anilines is 1. The van der Waals surface area contributed by atoms with E-state index in [0.717, 1.165) is 17.7 Å². The molecule has 0 atom stereocenters. The summed E-state index contributed by atoms with van der Waals surface area (Å²) >= 11 is 1.33. The summed E-state index contributed by atoms with van der Waals surface area (Å²) in [5.41, 5.74) is 1.12. The SMILES string of the molecule is O=C(CSc1ccc(F)cc1)Nc1cccc(C(=O)NC2CC2)c1. The molecule has 6 heteroatoms. The maximum atomic E-state index is 12.8. The van der Waals surface area contributed by atoms with Crippen molar-refractivity contribution in [1.82, 2.24) is 5.32 Å². The molecule has 1 aliphatic carbocycles. The summed E-state index contributed by atoms with van der Waals surface area (Å²) in [4.78, 5) is 24.9. The van der Waals surface area contributed by atoms with Crippen LogP contribution in [0.3, 0.4) is 0 Å². The van der Waals surface area contributed by atoms with Gasteiger partial charge in [-0.2, -0.15) is 0 Å². The molecule has 124 valence electrons. The van der Waals surface area contributed by atoms with Gasteiger partial charge in [0.05, 0.1) is 5.75 Å². The molecule has 0 heterocycles. The molecule has 2 aromatic carbocycles. The topological polar surface area (TPSA) is 58.2 Å². The van der Waals surface area contributed by atoms with E-state index in [0.29, 0.717) is 17.3 Å². The number of thioether (sulfide) groups is 1. The molecule has 1 saturated carbocycles. The average Bonchev–Trinajstić information content (AvgIpc) is 3.38. The van der Waals surface area contributed by atoms with E-state index >= 15 is 0 Å². The molecule has 2 aromatic rings. The molecule has 0 bridgehead atoms.